The van der Waals surface area contributed by atoms with Gasteiger partial charge >= 0.3 is 6.03 Å². The van der Waals surface area contributed by atoms with Crippen molar-refractivity contribution in [2.24, 2.45) is 0 Å². The summed E-state index contributed by atoms with van der Waals surface area (Å²) >= 11 is 5.91. The van der Waals surface area contributed by atoms with Crippen LogP contribution in [0.15, 0.2) is 34.9 Å². The van der Waals surface area contributed by atoms with Gasteiger partial charge in [-0.05, 0) is 38.4 Å². The summed E-state index contributed by atoms with van der Waals surface area (Å²) in [4.78, 5) is 16.8. The Morgan fingerprint density at radius 3 is 2.81 bits per heavy atom. The molecule has 7 heteroatoms. The predicted molar refractivity (Wildman–Crippen MR) is 105 cm³/mol. The number of carbonyl (C=O) groups is 1. The average molecular weight is 389 g/mol. The van der Waals surface area contributed by atoms with E-state index in [1.165, 1.54) is 19.3 Å². The highest BCUT2D eigenvalue weighted by atomic mass is 35.5. The summed E-state index contributed by atoms with van der Waals surface area (Å²) < 4.78 is 5.34. The third kappa shape index (κ3) is 4.12. The molecule has 3 heterocycles. The molecule has 0 radical (unpaired) electrons. The van der Waals surface area contributed by atoms with Crippen LogP contribution in [0, 0.1) is 0 Å². The Morgan fingerprint density at radius 1 is 1.30 bits per heavy atom. The van der Waals surface area contributed by atoms with E-state index in [2.05, 4.69) is 22.3 Å². The molecule has 0 unspecified atom stereocenters. The molecule has 0 saturated carbocycles. The monoisotopic (exact) mass is 388 g/mol. The van der Waals surface area contributed by atoms with Gasteiger partial charge in [-0.2, -0.15) is 0 Å². The molecule has 0 bridgehead atoms. The molecule has 2 fully saturated rings. The van der Waals surface area contributed by atoms with Crippen LogP contribution in [0.4, 0.5) is 4.79 Å². The van der Waals surface area contributed by atoms with Crippen LogP contribution < -0.4 is 5.32 Å². The third-order valence-electron chi connectivity index (χ3n) is 5.59. The highest BCUT2D eigenvalue weighted by molar-refractivity contribution is 6.30. The quantitative estimate of drug-likeness (QED) is 0.866. The van der Waals surface area contributed by atoms with Crippen molar-refractivity contribution in [2.75, 3.05) is 19.6 Å². The van der Waals surface area contributed by atoms with Crippen molar-refractivity contribution in [1.82, 2.24) is 20.3 Å². The summed E-state index contributed by atoms with van der Waals surface area (Å²) in [6.07, 6.45) is 3.86. The van der Waals surface area contributed by atoms with Crippen LogP contribution >= 0.6 is 11.6 Å². The summed E-state index contributed by atoms with van der Waals surface area (Å²) in [5, 5.41) is 7.67. The second kappa shape index (κ2) is 7.90. The lowest BCUT2D eigenvalue weighted by molar-refractivity contribution is 0.0168. The molecular formula is C20H25ClN4O2. The average Bonchev–Trinajstić information content (AvgIpc) is 3.10. The van der Waals surface area contributed by atoms with E-state index >= 15 is 0 Å². The lowest BCUT2D eigenvalue weighted by Gasteiger charge is -2.49. The van der Waals surface area contributed by atoms with Crippen molar-refractivity contribution < 1.29 is 9.32 Å². The molecule has 27 heavy (non-hydrogen) atoms. The number of aromatic nitrogens is 1. The smallest absolute Gasteiger partial charge is 0.317 e. The Labute approximate surface area is 164 Å². The van der Waals surface area contributed by atoms with Gasteiger partial charge < -0.3 is 14.7 Å². The zero-order valence-corrected chi connectivity index (χ0v) is 16.3. The first-order chi connectivity index (χ1) is 13.1. The minimum Gasteiger partial charge on any atom is -0.359 e. The number of urea groups is 1. The molecule has 2 aliphatic rings. The first-order valence-electron chi connectivity index (χ1n) is 9.60. The number of rotatable bonds is 4. The molecule has 1 atom stereocenters. The van der Waals surface area contributed by atoms with Gasteiger partial charge in [0, 0.05) is 41.8 Å². The number of carbonyl (C=O) groups excluding carboxylic acids is 1. The maximum atomic E-state index is 12.3. The van der Waals surface area contributed by atoms with Crippen molar-refractivity contribution >= 4 is 17.6 Å². The molecule has 2 aromatic rings. The van der Waals surface area contributed by atoms with E-state index in [-0.39, 0.29) is 6.03 Å². The summed E-state index contributed by atoms with van der Waals surface area (Å²) in [6.45, 7) is 5.41. The minimum atomic E-state index is -0.0413. The SMILES string of the molecule is C[C@H]1CCCCN1C1CN(C(=O)NCc2cc(-c3ccc(Cl)cc3)no2)C1. The number of nitrogens with one attached hydrogen (secondary N) is 1. The van der Waals surface area contributed by atoms with E-state index in [0.717, 1.165) is 30.9 Å². The second-order valence-electron chi connectivity index (χ2n) is 7.49. The van der Waals surface area contributed by atoms with E-state index in [0.29, 0.717) is 29.4 Å². The normalized spacial score (nSPS) is 21.1. The molecule has 0 aliphatic carbocycles. The van der Waals surface area contributed by atoms with Crippen molar-refractivity contribution in [3.63, 3.8) is 0 Å². The number of halogens is 1. The van der Waals surface area contributed by atoms with Crippen LogP contribution in [0.3, 0.4) is 0 Å². The number of likely N-dealkylation sites (tertiary alicyclic amines) is 2. The van der Waals surface area contributed by atoms with Gasteiger partial charge in [0.1, 0.15) is 5.69 Å². The first-order valence-corrected chi connectivity index (χ1v) is 9.98. The summed E-state index contributed by atoms with van der Waals surface area (Å²) in [7, 11) is 0. The molecular weight excluding hydrogens is 364 g/mol. The molecule has 1 aromatic heterocycles. The summed E-state index contributed by atoms with van der Waals surface area (Å²) in [5.74, 6) is 0.634. The zero-order valence-electron chi connectivity index (χ0n) is 15.5. The standard InChI is InChI=1S/C20H25ClN4O2/c1-14-4-2-3-9-25(14)17-12-24(13-17)20(26)22-11-18-10-19(23-27-18)15-5-7-16(21)8-6-15/h5-8,10,14,17H,2-4,9,11-13H2,1H3,(H,22,26)/t14-/m0/s1. The van der Waals surface area contributed by atoms with Gasteiger partial charge in [-0.3, -0.25) is 4.90 Å². The topological polar surface area (TPSA) is 61.6 Å². The van der Waals surface area contributed by atoms with Gasteiger partial charge in [-0.25, -0.2) is 4.79 Å². The van der Waals surface area contributed by atoms with Crippen molar-refractivity contribution in [2.45, 2.75) is 44.8 Å². The van der Waals surface area contributed by atoms with Crippen LogP contribution in [-0.2, 0) is 6.54 Å². The molecule has 0 spiro atoms. The fourth-order valence-electron chi connectivity index (χ4n) is 3.92. The van der Waals surface area contributed by atoms with Gasteiger partial charge in [-0.1, -0.05) is 35.3 Å². The van der Waals surface area contributed by atoms with E-state index < -0.39 is 0 Å². The van der Waals surface area contributed by atoms with Gasteiger partial charge in [-0.15, -0.1) is 0 Å². The molecule has 2 amide bonds. The van der Waals surface area contributed by atoms with Crippen molar-refractivity contribution in [1.29, 1.82) is 0 Å². The number of hydrogen-bond acceptors (Lipinski definition) is 4. The Kier molecular flexibility index (Phi) is 5.36. The van der Waals surface area contributed by atoms with E-state index in [4.69, 9.17) is 16.1 Å². The number of nitrogens with zero attached hydrogens (tertiary/aromatic N) is 3. The fourth-order valence-corrected chi connectivity index (χ4v) is 4.05. The molecule has 2 saturated heterocycles. The predicted octanol–water partition coefficient (Wildman–Crippen LogP) is 3.76. The Bertz CT molecular complexity index is 786. The third-order valence-corrected chi connectivity index (χ3v) is 5.84. The minimum absolute atomic E-state index is 0.0413. The van der Waals surface area contributed by atoms with Crippen LogP contribution in [0.25, 0.3) is 11.3 Å². The Hall–Kier alpha value is -2.05. The molecule has 6 nitrogen and oxygen atoms in total. The van der Waals surface area contributed by atoms with Crippen LogP contribution in [-0.4, -0.2) is 52.7 Å². The lowest BCUT2D eigenvalue weighted by atomic mass is 9.98. The van der Waals surface area contributed by atoms with Crippen molar-refractivity contribution in [3.8, 4) is 11.3 Å². The number of piperidine rings is 1. The number of amides is 2. The highest BCUT2D eigenvalue weighted by Gasteiger charge is 2.37. The van der Waals surface area contributed by atoms with Crippen LogP contribution in [0.1, 0.15) is 31.9 Å². The molecule has 1 N–H and O–H groups in total. The fraction of sp³-hybridized carbons (Fsp3) is 0.500. The maximum Gasteiger partial charge on any atom is 0.317 e. The highest BCUT2D eigenvalue weighted by Crippen LogP contribution is 2.25. The maximum absolute atomic E-state index is 12.3. The lowest BCUT2D eigenvalue weighted by Crippen LogP contribution is -2.64. The molecule has 4 rings (SSSR count). The number of hydrogen-bond donors (Lipinski definition) is 1. The van der Waals surface area contributed by atoms with Crippen molar-refractivity contribution in [3.05, 3.63) is 41.1 Å². The molecule has 1 aromatic carbocycles. The van der Waals surface area contributed by atoms with E-state index in [1.54, 1.807) is 0 Å². The summed E-state index contributed by atoms with van der Waals surface area (Å²) in [6, 6.07) is 10.4. The van der Waals surface area contributed by atoms with E-state index in [1.807, 2.05) is 35.2 Å². The Morgan fingerprint density at radius 2 is 2.07 bits per heavy atom. The van der Waals surface area contributed by atoms with Gasteiger partial charge in [0.05, 0.1) is 6.54 Å². The Balaban J connectivity index is 1.25. The van der Waals surface area contributed by atoms with Gasteiger partial charge in [0.2, 0.25) is 0 Å². The zero-order chi connectivity index (χ0) is 18.8. The second-order valence-corrected chi connectivity index (χ2v) is 7.92. The van der Waals surface area contributed by atoms with Gasteiger partial charge in [0.25, 0.3) is 0 Å². The first kappa shape index (κ1) is 18.3. The molecule has 2 aliphatic heterocycles. The van der Waals surface area contributed by atoms with Gasteiger partial charge in [0.15, 0.2) is 5.76 Å². The van der Waals surface area contributed by atoms with Crippen LogP contribution in [0.5, 0.6) is 0 Å². The molecule has 144 valence electrons. The van der Waals surface area contributed by atoms with Crippen LogP contribution in [0.2, 0.25) is 5.02 Å². The largest absolute Gasteiger partial charge is 0.359 e. The van der Waals surface area contributed by atoms with E-state index in [9.17, 15) is 4.79 Å². The number of benzene rings is 1. The summed E-state index contributed by atoms with van der Waals surface area (Å²) in [5.41, 5.74) is 1.67.